The van der Waals surface area contributed by atoms with Crippen molar-refractivity contribution in [2.24, 2.45) is 5.73 Å². The van der Waals surface area contributed by atoms with Crippen LogP contribution in [0.4, 0.5) is 0 Å². The number of hydrogen-bond acceptors (Lipinski definition) is 4. The summed E-state index contributed by atoms with van der Waals surface area (Å²) in [5.74, 6) is -0.869. The molecule has 1 rings (SSSR count). The molecule has 0 spiro atoms. The number of hydrogen-bond donors (Lipinski definition) is 3. The summed E-state index contributed by atoms with van der Waals surface area (Å²) in [6.07, 6.45) is 6.28. The van der Waals surface area contributed by atoms with Crippen molar-refractivity contribution >= 4 is 5.97 Å². The Balaban J connectivity index is 2.52. The van der Waals surface area contributed by atoms with Crippen molar-refractivity contribution in [1.82, 2.24) is 14.9 Å². The summed E-state index contributed by atoms with van der Waals surface area (Å²) in [5.41, 5.74) is 6.15. The average molecular weight is 254 g/mol. The molecule has 0 saturated heterocycles. The Labute approximate surface area is 107 Å². The van der Waals surface area contributed by atoms with E-state index in [0.29, 0.717) is 19.5 Å². The van der Waals surface area contributed by atoms with Crippen molar-refractivity contribution in [3.8, 4) is 0 Å². The highest BCUT2D eigenvalue weighted by Gasteiger charge is 2.17. The normalized spacial score (nSPS) is 12.6. The molecule has 0 bridgehead atoms. The van der Waals surface area contributed by atoms with Gasteiger partial charge in [0.05, 0.1) is 12.0 Å². The van der Waals surface area contributed by atoms with Crippen LogP contribution in [0.15, 0.2) is 12.5 Å². The van der Waals surface area contributed by atoms with Crippen molar-refractivity contribution in [2.45, 2.75) is 38.8 Å². The van der Waals surface area contributed by atoms with Crippen LogP contribution < -0.4 is 11.1 Å². The van der Waals surface area contributed by atoms with Crippen LogP contribution in [0.25, 0.3) is 0 Å². The number of carboxylic acids is 1. The summed E-state index contributed by atoms with van der Waals surface area (Å²) in [5, 5.41) is 12.0. The average Bonchev–Trinajstić information content (AvgIpc) is 2.79. The number of rotatable bonds is 9. The van der Waals surface area contributed by atoms with Crippen LogP contribution in [0.5, 0.6) is 0 Å². The monoisotopic (exact) mass is 254 g/mol. The fourth-order valence-electron chi connectivity index (χ4n) is 1.69. The van der Waals surface area contributed by atoms with Gasteiger partial charge >= 0.3 is 5.97 Å². The summed E-state index contributed by atoms with van der Waals surface area (Å²) in [6, 6.07) is -0.622. The minimum Gasteiger partial charge on any atom is -0.480 e. The standard InChI is InChI=1S/C12H22N4O2/c1-2-3-6-16-8-10(15-9-16)7-11(12(17)18)14-5-4-13/h8-9,11,14H,2-7,13H2,1H3,(H,17,18)/t11-/m0/s1. The van der Waals surface area contributed by atoms with Crippen LogP contribution in [0.3, 0.4) is 0 Å². The van der Waals surface area contributed by atoms with Gasteiger partial charge in [-0.25, -0.2) is 4.98 Å². The van der Waals surface area contributed by atoms with Crippen molar-refractivity contribution in [2.75, 3.05) is 13.1 Å². The highest BCUT2D eigenvalue weighted by molar-refractivity contribution is 5.73. The van der Waals surface area contributed by atoms with Gasteiger partial charge in [-0.2, -0.15) is 0 Å². The van der Waals surface area contributed by atoms with Crippen LogP contribution in [-0.4, -0.2) is 39.8 Å². The molecule has 0 aromatic carbocycles. The van der Waals surface area contributed by atoms with Crippen molar-refractivity contribution in [3.05, 3.63) is 18.2 Å². The first-order valence-electron chi connectivity index (χ1n) is 6.34. The van der Waals surface area contributed by atoms with Gasteiger partial charge < -0.3 is 20.7 Å². The zero-order valence-corrected chi connectivity index (χ0v) is 10.8. The van der Waals surface area contributed by atoms with Crippen molar-refractivity contribution < 1.29 is 9.90 Å². The fourth-order valence-corrected chi connectivity index (χ4v) is 1.69. The van der Waals surface area contributed by atoms with E-state index in [1.54, 1.807) is 6.33 Å². The Bertz CT molecular complexity index is 365. The SMILES string of the molecule is CCCCn1cnc(C[C@H](NCCN)C(=O)O)c1. The number of nitrogens with zero attached hydrogens (tertiary/aromatic N) is 2. The van der Waals surface area contributed by atoms with Crippen LogP contribution in [0.1, 0.15) is 25.5 Å². The molecule has 1 atom stereocenters. The lowest BCUT2D eigenvalue weighted by atomic mass is 10.1. The molecular weight excluding hydrogens is 232 g/mol. The molecule has 6 heteroatoms. The summed E-state index contributed by atoms with van der Waals surface area (Å²) < 4.78 is 2.00. The lowest BCUT2D eigenvalue weighted by Crippen LogP contribution is -2.41. The molecule has 18 heavy (non-hydrogen) atoms. The van der Waals surface area contributed by atoms with Crippen molar-refractivity contribution in [3.63, 3.8) is 0 Å². The zero-order chi connectivity index (χ0) is 13.4. The van der Waals surface area contributed by atoms with E-state index in [9.17, 15) is 4.79 Å². The minimum absolute atomic E-state index is 0.383. The Kier molecular flexibility index (Phi) is 6.38. The minimum atomic E-state index is -0.869. The third-order valence-corrected chi connectivity index (χ3v) is 2.70. The van der Waals surface area contributed by atoms with E-state index in [4.69, 9.17) is 10.8 Å². The Hall–Kier alpha value is -1.40. The molecule has 0 aliphatic carbocycles. The number of aromatic nitrogens is 2. The molecule has 0 radical (unpaired) electrons. The molecule has 6 nitrogen and oxygen atoms in total. The molecule has 1 aromatic heterocycles. The number of aliphatic carboxylic acids is 1. The van der Waals surface area contributed by atoms with E-state index in [-0.39, 0.29) is 0 Å². The molecule has 0 aliphatic rings. The van der Waals surface area contributed by atoms with E-state index < -0.39 is 12.0 Å². The molecular formula is C12H22N4O2. The van der Waals surface area contributed by atoms with Gasteiger partial charge in [-0.1, -0.05) is 13.3 Å². The van der Waals surface area contributed by atoms with E-state index >= 15 is 0 Å². The van der Waals surface area contributed by atoms with Gasteiger partial charge in [0.15, 0.2) is 0 Å². The first kappa shape index (κ1) is 14.7. The van der Waals surface area contributed by atoms with Gasteiger partial charge in [-0.05, 0) is 6.42 Å². The van der Waals surface area contributed by atoms with Gasteiger partial charge in [0, 0.05) is 32.3 Å². The molecule has 102 valence electrons. The third kappa shape index (κ3) is 4.85. The van der Waals surface area contributed by atoms with Gasteiger partial charge in [0.2, 0.25) is 0 Å². The quantitative estimate of drug-likeness (QED) is 0.586. The molecule has 4 N–H and O–H groups in total. The van der Waals surface area contributed by atoms with E-state index in [1.807, 2.05) is 10.8 Å². The maximum absolute atomic E-state index is 11.1. The Morgan fingerprint density at radius 1 is 1.67 bits per heavy atom. The van der Waals surface area contributed by atoms with Crippen LogP contribution in [0.2, 0.25) is 0 Å². The molecule has 1 aromatic rings. The largest absolute Gasteiger partial charge is 0.480 e. The number of unbranched alkanes of at least 4 members (excludes halogenated alkanes) is 1. The molecule has 1 heterocycles. The van der Waals surface area contributed by atoms with Gasteiger partial charge in [0.25, 0.3) is 0 Å². The van der Waals surface area contributed by atoms with Crippen LogP contribution >= 0.6 is 0 Å². The summed E-state index contributed by atoms with van der Waals surface area (Å²) >= 11 is 0. The fraction of sp³-hybridized carbons (Fsp3) is 0.667. The predicted molar refractivity (Wildman–Crippen MR) is 69.3 cm³/mol. The second-order valence-corrected chi connectivity index (χ2v) is 4.29. The molecule has 0 aliphatic heterocycles. The molecule has 0 saturated carbocycles. The van der Waals surface area contributed by atoms with Crippen LogP contribution in [-0.2, 0) is 17.8 Å². The van der Waals surface area contributed by atoms with Crippen LogP contribution in [0, 0.1) is 0 Å². The van der Waals surface area contributed by atoms with E-state index in [0.717, 1.165) is 25.1 Å². The maximum Gasteiger partial charge on any atom is 0.321 e. The molecule has 0 fully saturated rings. The van der Waals surface area contributed by atoms with Gasteiger partial charge in [-0.15, -0.1) is 0 Å². The Morgan fingerprint density at radius 3 is 3.06 bits per heavy atom. The third-order valence-electron chi connectivity index (χ3n) is 2.70. The topological polar surface area (TPSA) is 93.2 Å². The number of carbonyl (C=O) groups is 1. The Morgan fingerprint density at radius 2 is 2.44 bits per heavy atom. The maximum atomic E-state index is 11.1. The summed E-state index contributed by atoms with van der Waals surface area (Å²) in [7, 11) is 0. The second-order valence-electron chi connectivity index (χ2n) is 4.29. The first-order chi connectivity index (χ1) is 8.67. The lowest BCUT2D eigenvalue weighted by molar-refractivity contribution is -0.139. The predicted octanol–water partition coefficient (Wildman–Crippen LogP) is 0.227. The number of nitrogens with one attached hydrogen (secondary N) is 1. The highest BCUT2D eigenvalue weighted by Crippen LogP contribution is 2.03. The zero-order valence-electron chi connectivity index (χ0n) is 10.8. The molecule has 0 unspecified atom stereocenters. The number of nitrogens with two attached hydrogens (primary N) is 1. The summed E-state index contributed by atoms with van der Waals surface area (Å²) in [6.45, 7) is 3.98. The first-order valence-corrected chi connectivity index (χ1v) is 6.34. The smallest absolute Gasteiger partial charge is 0.321 e. The number of carboxylic acid groups (broad SMARTS) is 1. The molecule has 0 amide bonds. The second kappa shape index (κ2) is 7.84. The van der Waals surface area contributed by atoms with Gasteiger partial charge in [0.1, 0.15) is 6.04 Å². The highest BCUT2D eigenvalue weighted by atomic mass is 16.4. The van der Waals surface area contributed by atoms with E-state index in [2.05, 4.69) is 17.2 Å². The van der Waals surface area contributed by atoms with Gasteiger partial charge in [-0.3, -0.25) is 4.79 Å². The van der Waals surface area contributed by atoms with E-state index in [1.165, 1.54) is 0 Å². The van der Waals surface area contributed by atoms with Crippen molar-refractivity contribution in [1.29, 1.82) is 0 Å². The number of imidazole rings is 1. The lowest BCUT2D eigenvalue weighted by Gasteiger charge is -2.12. The number of aryl methyl sites for hydroxylation is 1. The summed E-state index contributed by atoms with van der Waals surface area (Å²) in [4.78, 5) is 15.3.